The average molecular weight is 478 g/mol. The molecule has 0 unspecified atom stereocenters. The molecular formula is C31H43NO3. The summed E-state index contributed by atoms with van der Waals surface area (Å²) in [5, 5.41) is 0. The molecule has 1 saturated carbocycles. The normalized spacial score (nSPS) is 16.3. The van der Waals surface area contributed by atoms with Crippen LogP contribution >= 0.6 is 0 Å². The summed E-state index contributed by atoms with van der Waals surface area (Å²) in [4.78, 5) is 28.9. The van der Waals surface area contributed by atoms with Crippen molar-refractivity contribution in [2.75, 3.05) is 7.11 Å². The Kier molecular flexibility index (Phi) is 11.0. The smallest absolute Gasteiger partial charge is 0.309 e. The van der Waals surface area contributed by atoms with Crippen LogP contribution in [0.1, 0.15) is 76.3 Å². The Hall–Kier alpha value is -2.46. The number of benzene rings is 2. The van der Waals surface area contributed by atoms with Crippen LogP contribution in [0, 0.1) is 17.8 Å². The van der Waals surface area contributed by atoms with Crippen molar-refractivity contribution in [3.63, 3.8) is 0 Å². The largest absolute Gasteiger partial charge is 0.469 e. The predicted octanol–water partition coefficient (Wildman–Crippen LogP) is 6.82. The van der Waals surface area contributed by atoms with E-state index >= 15 is 0 Å². The lowest BCUT2D eigenvalue weighted by molar-refractivity contribution is -0.148. The summed E-state index contributed by atoms with van der Waals surface area (Å²) in [6.45, 7) is 5.62. The van der Waals surface area contributed by atoms with E-state index in [0.717, 1.165) is 6.42 Å². The highest BCUT2D eigenvalue weighted by Gasteiger charge is 2.33. The predicted molar refractivity (Wildman–Crippen MR) is 142 cm³/mol. The maximum atomic E-state index is 14.0. The second-order valence-corrected chi connectivity index (χ2v) is 10.7. The summed E-state index contributed by atoms with van der Waals surface area (Å²) in [6.07, 6.45) is 7.98. The zero-order valence-electron chi connectivity index (χ0n) is 21.8. The number of hydrogen-bond acceptors (Lipinski definition) is 4. The second kappa shape index (κ2) is 14.2. The second-order valence-electron chi connectivity index (χ2n) is 10.7. The van der Waals surface area contributed by atoms with E-state index in [2.05, 4.69) is 67.3 Å². The number of carbonyl (C=O) groups is 2. The molecule has 0 heterocycles. The van der Waals surface area contributed by atoms with Gasteiger partial charge in [-0.1, -0.05) is 107 Å². The molecule has 0 aromatic heterocycles. The molecule has 2 aromatic carbocycles. The number of rotatable bonds is 13. The van der Waals surface area contributed by atoms with Crippen molar-refractivity contribution in [3.8, 4) is 0 Å². The minimum atomic E-state index is -0.378. The van der Waals surface area contributed by atoms with E-state index in [1.165, 1.54) is 50.3 Å². The molecule has 0 saturated heterocycles. The Morgan fingerprint density at radius 3 is 1.91 bits per heavy atom. The molecule has 4 nitrogen and oxygen atoms in total. The zero-order chi connectivity index (χ0) is 25.0. The summed E-state index contributed by atoms with van der Waals surface area (Å²) in [6, 6.07) is 20.6. The lowest BCUT2D eigenvalue weighted by Gasteiger charge is -2.35. The SMILES string of the molecule is COC(=O)[C@@H](CC(=O)[C@H](CC1CCCCC1)N(Cc1ccccc1)Cc1ccccc1)CC(C)C. The lowest BCUT2D eigenvalue weighted by atomic mass is 9.81. The van der Waals surface area contributed by atoms with E-state index < -0.39 is 0 Å². The molecule has 0 N–H and O–H groups in total. The standard InChI is InChI=1S/C31H43NO3/c1-24(2)19-28(31(34)35-3)21-30(33)29(20-25-13-7-4-8-14-25)32(22-26-15-9-5-10-16-26)23-27-17-11-6-12-18-27/h5-6,9-12,15-18,24-25,28-29H,4,7-8,13-14,19-23H2,1-3H3/t28-,29+/m1/s1. The minimum absolute atomic E-state index is 0.179. The molecule has 1 aliphatic carbocycles. The van der Waals surface area contributed by atoms with Gasteiger partial charge in [-0.2, -0.15) is 0 Å². The van der Waals surface area contributed by atoms with Crippen LogP contribution in [0.4, 0.5) is 0 Å². The third-order valence-electron chi connectivity index (χ3n) is 7.29. The molecule has 190 valence electrons. The molecule has 1 fully saturated rings. The highest BCUT2D eigenvalue weighted by atomic mass is 16.5. The van der Waals surface area contributed by atoms with Gasteiger partial charge in [-0.15, -0.1) is 0 Å². The van der Waals surface area contributed by atoms with Crippen molar-refractivity contribution in [2.45, 2.75) is 84.3 Å². The molecule has 35 heavy (non-hydrogen) atoms. The molecule has 3 rings (SSSR count). The third-order valence-corrected chi connectivity index (χ3v) is 7.29. The molecule has 0 bridgehead atoms. The first-order valence-electron chi connectivity index (χ1n) is 13.4. The number of methoxy groups -OCH3 is 1. The minimum Gasteiger partial charge on any atom is -0.469 e. The summed E-state index contributed by atoms with van der Waals surface area (Å²) in [7, 11) is 1.43. The van der Waals surface area contributed by atoms with Crippen molar-refractivity contribution in [1.82, 2.24) is 4.90 Å². The van der Waals surface area contributed by atoms with Gasteiger partial charge in [-0.25, -0.2) is 0 Å². The van der Waals surface area contributed by atoms with Crippen molar-refractivity contribution in [3.05, 3.63) is 71.8 Å². The molecule has 0 amide bonds. The van der Waals surface area contributed by atoms with E-state index in [-0.39, 0.29) is 30.1 Å². The first-order chi connectivity index (χ1) is 17.0. The molecule has 0 spiro atoms. The van der Waals surface area contributed by atoms with Gasteiger partial charge in [0.05, 0.1) is 19.1 Å². The summed E-state index contributed by atoms with van der Waals surface area (Å²) in [5.74, 6) is 0.429. The van der Waals surface area contributed by atoms with E-state index in [4.69, 9.17) is 4.74 Å². The van der Waals surface area contributed by atoms with E-state index in [9.17, 15) is 9.59 Å². The molecular weight excluding hydrogens is 434 g/mol. The van der Waals surface area contributed by atoms with Gasteiger partial charge in [-0.05, 0) is 35.8 Å². The topological polar surface area (TPSA) is 46.6 Å². The van der Waals surface area contributed by atoms with Gasteiger partial charge in [0, 0.05) is 19.5 Å². The summed E-state index contributed by atoms with van der Waals surface area (Å²) < 4.78 is 5.09. The Bertz CT molecular complexity index is 848. The number of carbonyl (C=O) groups excluding carboxylic acids is 2. The lowest BCUT2D eigenvalue weighted by Crippen LogP contribution is -2.43. The average Bonchev–Trinajstić information content (AvgIpc) is 2.87. The Morgan fingerprint density at radius 1 is 0.886 bits per heavy atom. The van der Waals surface area contributed by atoms with E-state index in [0.29, 0.717) is 31.3 Å². The summed E-state index contributed by atoms with van der Waals surface area (Å²) in [5.41, 5.74) is 2.41. The van der Waals surface area contributed by atoms with Crippen LogP contribution in [0.25, 0.3) is 0 Å². The van der Waals surface area contributed by atoms with Gasteiger partial charge in [0.2, 0.25) is 0 Å². The van der Waals surface area contributed by atoms with Crippen molar-refractivity contribution < 1.29 is 14.3 Å². The third kappa shape index (κ3) is 8.92. The fraction of sp³-hybridized carbons (Fsp3) is 0.548. The van der Waals surface area contributed by atoms with Crippen LogP contribution in [0.15, 0.2) is 60.7 Å². The molecule has 0 aliphatic heterocycles. The Morgan fingerprint density at radius 2 is 1.43 bits per heavy atom. The molecule has 2 atom stereocenters. The van der Waals surface area contributed by atoms with Crippen LogP contribution in [0.3, 0.4) is 0 Å². The quantitative estimate of drug-likeness (QED) is 0.297. The molecule has 2 aromatic rings. The Labute approximate surface area is 212 Å². The number of hydrogen-bond donors (Lipinski definition) is 0. The summed E-state index contributed by atoms with van der Waals surface area (Å²) >= 11 is 0. The monoisotopic (exact) mass is 477 g/mol. The number of ether oxygens (including phenoxy) is 1. The van der Waals surface area contributed by atoms with Gasteiger partial charge in [-0.3, -0.25) is 14.5 Å². The van der Waals surface area contributed by atoms with Crippen molar-refractivity contribution >= 4 is 11.8 Å². The van der Waals surface area contributed by atoms with Crippen LogP contribution in [0.2, 0.25) is 0 Å². The fourth-order valence-corrected chi connectivity index (χ4v) is 5.51. The zero-order valence-corrected chi connectivity index (χ0v) is 21.8. The van der Waals surface area contributed by atoms with Crippen molar-refractivity contribution in [2.24, 2.45) is 17.8 Å². The van der Waals surface area contributed by atoms with Crippen molar-refractivity contribution in [1.29, 1.82) is 0 Å². The first kappa shape index (κ1) is 27.1. The molecule has 0 radical (unpaired) electrons. The van der Waals surface area contributed by atoms with Crippen LogP contribution in [0.5, 0.6) is 0 Å². The highest BCUT2D eigenvalue weighted by molar-refractivity contribution is 5.88. The Balaban J connectivity index is 1.89. The molecule has 4 heteroatoms. The molecule has 1 aliphatic rings. The fourth-order valence-electron chi connectivity index (χ4n) is 5.51. The van der Waals surface area contributed by atoms with E-state index in [1.807, 2.05) is 12.1 Å². The van der Waals surface area contributed by atoms with Crippen LogP contribution < -0.4 is 0 Å². The number of nitrogens with zero attached hydrogens (tertiary/aromatic N) is 1. The van der Waals surface area contributed by atoms with Gasteiger partial charge < -0.3 is 4.74 Å². The van der Waals surface area contributed by atoms with Gasteiger partial charge in [0.15, 0.2) is 5.78 Å². The first-order valence-corrected chi connectivity index (χ1v) is 13.4. The van der Waals surface area contributed by atoms with Crippen LogP contribution in [-0.2, 0) is 27.4 Å². The number of Topliss-reactive ketones (excluding diaryl/α,β-unsaturated/α-hetero) is 1. The maximum absolute atomic E-state index is 14.0. The highest BCUT2D eigenvalue weighted by Crippen LogP contribution is 2.31. The van der Waals surface area contributed by atoms with Gasteiger partial charge >= 0.3 is 5.97 Å². The van der Waals surface area contributed by atoms with Gasteiger partial charge in [0.1, 0.15) is 0 Å². The van der Waals surface area contributed by atoms with Gasteiger partial charge in [0.25, 0.3) is 0 Å². The maximum Gasteiger partial charge on any atom is 0.309 e. The number of ketones is 1. The van der Waals surface area contributed by atoms with Crippen LogP contribution in [-0.4, -0.2) is 29.8 Å². The van der Waals surface area contributed by atoms with E-state index in [1.54, 1.807) is 0 Å². The number of esters is 1.